The summed E-state index contributed by atoms with van der Waals surface area (Å²) >= 11 is 0. The van der Waals surface area contributed by atoms with Gasteiger partial charge in [-0.25, -0.2) is 4.98 Å². The molecule has 0 spiro atoms. The van der Waals surface area contributed by atoms with Crippen LogP contribution in [0.4, 0.5) is 0 Å². The molecule has 0 bridgehead atoms. The quantitative estimate of drug-likeness (QED) is 0.782. The summed E-state index contributed by atoms with van der Waals surface area (Å²) in [6, 6.07) is 4.05. The van der Waals surface area contributed by atoms with E-state index >= 15 is 0 Å². The zero-order valence-corrected chi connectivity index (χ0v) is 14.5. The molecule has 0 aliphatic rings. The topological polar surface area (TPSA) is 72.4 Å². The zero-order valence-electron chi connectivity index (χ0n) is 14.5. The van der Waals surface area contributed by atoms with Gasteiger partial charge in [0.05, 0.1) is 17.9 Å². The first-order valence-corrected chi connectivity index (χ1v) is 8.07. The van der Waals surface area contributed by atoms with Gasteiger partial charge in [-0.05, 0) is 44.9 Å². The van der Waals surface area contributed by atoms with Gasteiger partial charge in [0.1, 0.15) is 11.4 Å². The maximum atomic E-state index is 12.3. The predicted octanol–water partition coefficient (Wildman–Crippen LogP) is 2.74. The van der Waals surface area contributed by atoms with Crippen molar-refractivity contribution < 1.29 is 9.32 Å². The maximum Gasteiger partial charge on any atom is 0.223 e. The lowest BCUT2D eigenvalue weighted by Crippen LogP contribution is -2.30. The molecule has 3 aromatic heterocycles. The molecular weight excluding hydrogens is 304 g/mol. The molecule has 0 aliphatic carbocycles. The van der Waals surface area contributed by atoms with E-state index in [-0.39, 0.29) is 11.8 Å². The molecule has 24 heavy (non-hydrogen) atoms. The fraction of sp³-hybridized carbons (Fsp3) is 0.389. The number of fused-ring (bicyclic) bond motifs is 1. The SMILES string of the molecule is Cc1ccn2cc(CNC(=O)C(C)Cc3c(C)noc3C)nc2c1. The van der Waals surface area contributed by atoms with E-state index in [1.165, 1.54) is 0 Å². The summed E-state index contributed by atoms with van der Waals surface area (Å²) in [5.41, 5.74) is 4.77. The van der Waals surface area contributed by atoms with Crippen molar-refractivity contribution in [1.29, 1.82) is 0 Å². The standard InChI is InChI=1S/C18H22N4O2/c1-11-5-6-22-10-15(20-17(22)7-11)9-19-18(23)12(2)8-16-13(3)21-24-14(16)4/h5-7,10,12H,8-9H2,1-4H3,(H,19,23). The van der Waals surface area contributed by atoms with Gasteiger partial charge in [0.2, 0.25) is 5.91 Å². The second kappa shape index (κ2) is 6.47. The molecule has 0 saturated heterocycles. The number of hydrogen-bond acceptors (Lipinski definition) is 4. The largest absolute Gasteiger partial charge is 0.361 e. The minimum atomic E-state index is -0.152. The minimum Gasteiger partial charge on any atom is -0.361 e. The number of imidazole rings is 1. The van der Waals surface area contributed by atoms with Gasteiger partial charge in [-0.15, -0.1) is 0 Å². The van der Waals surface area contributed by atoms with Gasteiger partial charge in [-0.1, -0.05) is 12.1 Å². The number of aromatic nitrogens is 3. The molecule has 0 saturated carbocycles. The number of aryl methyl sites for hydroxylation is 3. The molecule has 6 nitrogen and oxygen atoms in total. The van der Waals surface area contributed by atoms with E-state index in [0.717, 1.165) is 33.9 Å². The van der Waals surface area contributed by atoms with E-state index in [4.69, 9.17) is 4.52 Å². The number of pyridine rings is 1. The Kier molecular flexibility index (Phi) is 4.38. The average molecular weight is 326 g/mol. The van der Waals surface area contributed by atoms with Gasteiger partial charge in [0.25, 0.3) is 0 Å². The Morgan fingerprint density at radius 1 is 1.38 bits per heavy atom. The Morgan fingerprint density at radius 3 is 2.88 bits per heavy atom. The van der Waals surface area contributed by atoms with Gasteiger partial charge in [0, 0.05) is 23.9 Å². The van der Waals surface area contributed by atoms with E-state index in [9.17, 15) is 4.79 Å². The third-order valence-corrected chi connectivity index (χ3v) is 4.25. The van der Waals surface area contributed by atoms with Gasteiger partial charge in [0.15, 0.2) is 0 Å². The Balaban J connectivity index is 1.61. The Bertz CT molecular complexity index is 859. The van der Waals surface area contributed by atoms with Crippen LogP contribution in [0.3, 0.4) is 0 Å². The summed E-state index contributed by atoms with van der Waals surface area (Å²) in [6.45, 7) is 8.14. The van der Waals surface area contributed by atoms with Crippen molar-refractivity contribution in [2.45, 2.75) is 40.7 Å². The number of hydrogen-bond donors (Lipinski definition) is 1. The summed E-state index contributed by atoms with van der Waals surface area (Å²) in [5.74, 6) is 0.632. The number of nitrogens with one attached hydrogen (secondary N) is 1. The Morgan fingerprint density at radius 2 is 2.17 bits per heavy atom. The number of carbonyl (C=O) groups excluding carboxylic acids is 1. The average Bonchev–Trinajstić information content (AvgIpc) is 3.09. The highest BCUT2D eigenvalue weighted by Gasteiger charge is 2.18. The third-order valence-electron chi connectivity index (χ3n) is 4.25. The van der Waals surface area contributed by atoms with Crippen LogP contribution in [-0.4, -0.2) is 20.4 Å². The van der Waals surface area contributed by atoms with Crippen molar-refractivity contribution in [3.8, 4) is 0 Å². The van der Waals surface area contributed by atoms with Gasteiger partial charge < -0.3 is 14.2 Å². The second-order valence-corrected chi connectivity index (χ2v) is 6.33. The molecule has 0 aromatic carbocycles. The van der Waals surface area contributed by atoms with Crippen molar-refractivity contribution in [3.63, 3.8) is 0 Å². The molecule has 6 heteroatoms. The molecule has 3 aromatic rings. The monoisotopic (exact) mass is 326 g/mol. The lowest BCUT2D eigenvalue weighted by Gasteiger charge is -2.11. The molecule has 126 valence electrons. The van der Waals surface area contributed by atoms with Crippen LogP contribution >= 0.6 is 0 Å². The molecule has 1 amide bonds. The van der Waals surface area contributed by atoms with Crippen LogP contribution in [0.1, 0.15) is 35.2 Å². The molecule has 1 atom stereocenters. The van der Waals surface area contributed by atoms with Crippen molar-refractivity contribution in [1.82, 2.24) is 19.9 Å². The summed E-state index contributed by atoms with van der Waals surface area (Å²) in [4.78, 5) is 16.9. The van der Waals surface area contributed by atoms with Crippen molar-refractivity contribution in [2.24, 2.45) is 5.92 Å². The minimum absolute atomic E-state index is 0.00300. The first-order valence-electron chi connectivity index (χ1n) is 8.07. The molecule has 0 fully saturated rings. The lowest BCUT2D eigenvalue weighted by atomic mass is 9.99. The number of carbonyl (C=O) groups is 1. The van der Waals surface area contributed by atoms with Crippen molar-refractivity contribution in [2.75, 3.05) is 0 Å². The predicted molar refractivity (Wildman–Crippen MR) is 90.6 cm³/mol. The summed E-state index contributed by atoms with van der Waals surface area (Å²) in [6.07, 6.45) is 4.54. The van der Waals surface area contributed by atoms with Crippen molar-refractivity contribution >= 4 is 11.6 Å². The molecule has 3 heterocycles. The molecule has 0 radical (unpaired) electrons. The maximum absolute atomic E-state index is 12.3. The fourth-order valence-electron chi connectivity index (χ4n) is 2.77. The highest BCUT2D eigenvalue weighted by molar-refractivity contribution is 5.78. The smallest absolute Gasteiger partial charge is 0.223 e. The number of rotatable bonds is 5. The molecule has 1 N–H and O–H groups in total. The van der Waals surface area contributed by atoms with Gasteiger partial charge >= 0.3 is 0 Å². The first-order chi connectivity index (χ1) is 11.4. The number of amides is 1. The Hall–Kier alpha value is -2.63. The van der Waals surface area contributed by atoms with E-state index < -0.39 is 0 Å². The van der Waals surface area contributed by atoms with Crippen LogP contribution in [0.2, 0.25) is 0 Å². The second-order valence-electron chi connectivity index (χ2n) is 6.33. The molecular formula is C18H22N4O2. The van der Waals surface area contributed by atoms with E-state index in [2.05, 4.69) is 15.5 Å². The lowest BCUT2D eigenvalue weighted by molar-refractivity contribution is -0.124. The number of nitrogens with zero attached hydrogens (tertiary/aromatic N) is 3. The van der Waals surface area contributed by atoms with Crippen LogP contribution in [-0.2, 0) is 17.8 Å². The molecule has 3 rings (SSSR count). The van der Waals surface area contributed by atoms with E-state index in [1.54, 1.807) is 0 Å². The summed E-state index contributed by atoms with van der Waals surface area (Å²) in [5, 5.41) is 6.89. The highest BCUT2D eigenvalue weighted by atomic mass is 16.5. The normalized spacial score (nSPS) is 12.5. The van der Waals surface area contributed by atoms with Crippen LogP contribution in [0.5, 0.6) is 0 Å². The Labute approximate surface area is 140 Å². The van der Waals surface area contributed by atoms with Crippen molar-refractivity contribution in [3.05, 3.63) is 52.8 Å². The van der Waals surface area contributed by atoms with Crippen LogP contribution in [0, 0.1) is 26.7 Å². The summed E-state index contributed by atoms with van der Waals surface area (Å²) in [7, 11) is 0. The fourth-order valence-corrected chi connectivity index (χ4v) is 2.77. The van der Waals surface area contributed by atoms with Gasteiger partial charge in [-0.2, -0.15) is 0 Å². The van der Waals surface area contributed by atoms with E-state index in [1.807, 2.05) is 56.6 Å². The van der Waals surface area contributed by atoms with Crippen LogP contribution in [0.15, 0.2) is 29.0 Å². The van der Waals surface area contributed by atoms with Crippen LogP contribution in [0.25, 0.3) is 5.65 Å². The third kappa shape index (κ3) is 3.32. The summed E-state index contributed by atoms with van der Waals surface area (Å²) < 4.78 is 7.11. The molecule has 1 unspecified atom stereocenters. The highest BCUT2D eigenvalue weighted by Crippen LogP contribution is 2.17. The first kappa shape index (κ1) is 16.2. The van der Waals surface area contributed by atoms with Crippen LogP contribution < -0.4 is 5.32 Å². The van der Waals surface area contributed by atoms with E-state index in [0.29, 0.717) is 13.0 Å². The zero-order chi connectivity index (χ0) is 17.3. The molecule has 0 aliphatic heterocycles. The van der Waals surface area contributed by atoms with Gasteiger partial charge in [-0.3, -0.25) is 4.79 Å².